The first-order valence-corrected chi connectivity index (χ1v) is 6.02. The van der Waals surface area contributed by atoms with Crippen molar-refractivity contribution >= 4 is 11.0 Å². The Hall–Kier alpha value is -2.37. The van der Waals surface area contributed by atoms with Gasteiger partial charge in [-0.1, -0.05) is 6.92 Å². The van der Waals surface area contributed by atoms with Gasteiger partial charge in [-0.3, -0.25) is 0 Å². The molecule has 0 amide bonds. The van der Waals surface area contributed by atoms with Crippen LogP contribution in [-0.4, -0.2) is 24.7 Å². The molecule has 3 heterocycles. The van der Waals surface area contributed by atoms with Gasteiger partial charge < -0.3 is 0 Å². The van der Waals surface area contributed by atoms with E-state index < -0.39 is 0 Å². The summed E-state index contributed by atoms with van der Waals surface area (Å²) in [5.74, 6) is -0.343. The molecule has 6 heteroatoms. The minimum absolute atomic E-state index is 0.343. The molecular weight excluding hydrogens is 245 g/mol. The molecule has 0 atom stereocenters. The quantitative estimate of drug-likeness (QED) is 0.719. The zero-order chi connectivity index (χ0) is 13.2. The van der Waals surface area contributed by atoms with Gasteiger partial charge in [-0.25, -0.2) is 24.0 Å². The molecular formula is C13H12FN5. The van der Waals surface area contributed by atoms with E-state index in [4.69, 9.17) is 0 Å². The van der Waals surface area contributed by atoms with E-state index in [1.54, 1.807) is 17.1 Å². The van der Waals surface area contributed by atoms with E-state index in [0.717, 1.165) is 23.1 Å². The van der Waals surface area contributed by atoms with Crippen molar-refractivity contribution in [1.29, 1.82) is 0 Å². The third kappa shape index (κ3) is 2.16. The minimum Gasteiger partial charge on any atom is -0.244 e. The molecule has 5 nitrogen and oxygen atoms in total. The standard InChI is InChI=1S/C13H12FN5/c1-2-12-11-3-10(14)6-17-13(11)19(18-12)7-9-4-15-8-16-5-9/h3-6,8H,2,7H2,1H3. The molecule has 0 aliphatic rings. The number of nitrogens with zero attached hydrogens (tertiary/aromatic N) is 5. The van der Waals surface area contributed by atoms with E-state index >= 15 is 0 Å². The van der Waals surface area contributed by atoms with Crippen molar-refractivity contribution in [2.45, 2.75) is 19.9 Å². The van der Waals surface area contributed by atoms with Gasteiger partial charge in [0.1, 0.15) is 12.1 Å². The highest BCUT2D eigenvalue weighted by Crippen LogP contribution is 2.18. The van der Waals surface area contributed by atoms with Crippen LogP contribution in [0.15, 0.2) is 31.0 Å². The number of hydrogen-bond donors (Lipinski definition) is 0. The Bertz CT molecular complexity index is 708. The number of fused-ring (bicyclic) bond motifs is 1. The molecule has 19 heavy (non-hydrogen) atoms. The number of pyridine rings is 1. The molecule has 0 radical (unpaired) electrons. The molecule has 3 rings (SSSR count). The van der Waals surface area contributed by atoms with Crippen LogP contribution in [0, 0.1) is 5.82 Å². The molecule has 3 aromatic rings. The summed E-state index contributed by atoms with van der Waals surface area (Å²) in [5, 5.41) is 5.24. The van der Waals surface area contributed by atoms with Crippen molar-refractivity contribution in [2.24, 2.45) is 0 Å². The van der Waals surface area contributed by atoms with Crippen LogP contribution < -0.4 is 0 Å². The maximum absolute atomic E-state index is 13.3. The van der Waals surface area contributed by atoms with Crippen LogP contribution in [0.25, 0.3) is 11.0 Å². The zero-order valence-electron chi connectivity index (χ0n) is 10.4. The second-order valence-corrected chi connectivity index (χ2v) is 4.23. The Balaban J connectivity index is 2.09. The monoisotopic (exact) mass is 257 g/mol. The highest BCUT2D eigenvalue weighted by Gasteiger charge is 2.11. The van der Waals surface area contributed by atoms with Gasteiger partial charge in [-0.15, -0.1) is 0 Å². The van der Waals surface area contributed by atoms with Crippen molar-refractivity contribution in [3.63, 3.8) is 0 Å². The first-order valence-electron chi connectivity index (χ1n) is 6.02. The Kier molecular flexibility index (Phi) is 2.91. The predicted octanol–water partition coefficient (Wildman–Crippen LogP) is 1.97. The molecule has 0 unspecified atom stereocenters. The average Bonchev–Trinajstić information content (AvgIpc) is 2.77. The van der Waals surface area contributed by atoms with E-state index in [1.165, 1.54) is 18.6 Å². The van der Waals surface area contributed by atoms with Gasteiger partial charge in [0, 0.05) is 23.3 Å². The summed E-state index contributed by atoms with van der Waals surface area (Å²) in [6, 6.07) is 1.48. The summed E-state index contributed by atoms with van der Waals surface area (Å²) >= 11 is 0. The lowest BCUT2D eigenvalue weighted by atomic mass is 10.2. The third-order valence-corrected chi connectivity index (χ3v) is 2.91. The molecule has 3 aromatic heterocycles. The second kappa shape index (κ2) is 4.72. The molecule has 0 N–H and O–H groups in total. The maximum atomic E-state index is 13.3. The van der Waals surface area contributed by atoms with E-state index in [0.29, 0.717) is 12.2 Å². The largest absolute Gasteiger partial charge is 0.244 e. The van der Waals surface area contributed by atoms with Crippen LogP contribution in [0.5, 0.6) is 0 Å². The van der Waals surface area contributed by atoms with Gasteiger partial charge in [0.05, 0.1) is 18.4 Å². The number of halogens is 1. The lowest BCUT2D eigenvalue weighted by molar-refractivity contribution is 0.622. The van der Waals surface area contributed by atoms with Gasteiger partial charge in [0.2, 0.25) is 0 Å². The zero-order valence-corrected chi connectivity index (χ0v) is 10.4. The minimum atomic E-state index is -0.343. The summed E-state index contributed by atoms with van der Waals surface area (Å²) < 4.78 is 15.0. The Morgan fingerprint density at radius 2 is 2.00 bits per heavy atom. The molecule has 0 bridgehead atoms. The molecule has 0 aliphatic carbocycles. The van der Waals surface area contributed by atoms with Crippen molar-refractivity contribution in [2.75, 3.05) is 0 Å². The molecule has 0 spiro atoms. The lowest BCUT2D eigenvalue weighted by Crippen LogP contribution is -2.03. The van der Waals surface area contributed by atoms with Crippen LogP contribution >= 0.6 is 0 Å². The van der Waals surface area contributed by atoms with Crippen molar-refractivity contribution in [3.8, 4) is 0 Å². The van der Waals surface area contributed by atoms with E-state index in [9.17, 15) is 4.39 Å². The molecule has 0 aliphatic heterocycles. The van der Waals surface area contributed by atoms with Gasteiger partial charge >= 0.3 is 0 Å². The first-order chi connectivity index (χ1) is 9.28. The van der Waals surface area contributed by atoms with Gasteiger partial charge in [0.15, 0.2) is 5.65 Å². The molecule has 0 aromatic carbocycles. The molecule has 0 fully saturated rings. The Morgan fingerprint density at radius 1 is 1.21 bits per heavy atom. The SMILES string of the molecule is CCc1nn(Cc2cncnc2)c2ncc(F)cc12. The van der Waals surface area contributed by atoms with E-state index in [2.05, 4.69) is 20.1 Å². The fraction of sp³-hybridized carbons (Fsp3) is 0.231. The Morgan fingerprint density at radius 3 is 2.74 bits per heavy atom. The number of hydrogen-bond acceptors (Lipinski definition) is 4. The predicted molar refractivity (Wildman–Crippen MR) is 68.0 cm³/mol. The third-order valence-electron chi connectivity index (χ3n) is 2.91. The van der Waals surface area contributed by atoms with E-state index in [1.807, 2.05) is 6.92 Å². The average molecular weight is 257 g/mol. The van der Waals surface area contributed by atoms with Gasteiger partial charge in [-0.2, -0.15) is 5.10 Å². The highest BCUT2D eigenvalue weighted by atomic mass is 19.1. The number of aromatic nitrogens is 5. The summed E-state index contributed by atoms with van der Waals surface area (Å²) in [5.41, 5.74) is 2.46. The summed E-state index contributed by atoms with van der Waals surface area (Å²) in [6.07, 6.45) is 6.89. The van der Waals surface area contributed by atoms with Crippen LogP contribution in [0.2, 0.25) is 0 Å². The van der Waals surface area contributed by atoms with Crippen molar-refractivity contribution < 1.29 is 4.39 Å². The van der Waals surface area contributed by atoms with Crippen LogP contribution in [0.4, 0.5) is 4.39 Å². The van der Waals surface area contributed by atoms with Crippen LogP contribution in [0.3, 0.4) is 0 Å². The van der Waals surface area contributed by atoms with Crippen LogP contribution in [0.1, 0.15) is 18.2 Å². The normalized spacial score (nSPS) is 11.1. The van der Waals surface area contributed by atoms with E-state index in [-0.39, 0.29) is 5.82 Å². The molecule has 96 valence electrons. The number of rotatable bonds is 3. The number of aryl methyl sites for hydroxylation is 1. The van der Waals surface area contributed by atoms with Crippen molar-refractivity contribution in [3.05, 3.63) is 48.1 Å². The molecule has 0 saturated heterocycles. The van der Waals surface area contributed by atoms with Gasteiger partial charge in [0.25, 0.3) is 0 Å². The molecule has 0 saturated carbocycles. The lowest BCUT2D eigenvalue weighted by Gasteiger charge is -2.01. The second-order valence-electron chi connectivity index (χ2n) is 4.23. The Labute approximate surface area is 109 Å². The summed E-state index contributed by atoms with van der Waals surface area (Å²) in [6.45, 7) is 2.51. The fourth-order valence-electron chi connectivity index (χ4n) is 2.05. The van der Waals surface area contributed by atoms with Crippen molar-refractivity contribution in [1.82, 2.24) is 24.7 Å². The maximum Gasteiger partial charge on any atom is 0.158 e. The smallest absolute Gasteiger partial charge is 0.158 e. The summed E-state index contributed by atoms with van der Waals surface area (Å²) in [4.78, 5) is 12.1. The highest BCUT2D eigenvalue weighted by molar-refractivity contribution is 5.78. The fourth-order valence-corrected chi connectivity index (χ4v) is 2.05. The van der Waals surface area contributed by atoms with Crippen LogP contribution in [-0.2, 0) is 13.0 Å². The summed E-state index contributed by atoms with van der Waals surface area (Å²) in [7, 11) is 0. The topological polar surface area (TPSA) is 56.5 Å². The first kappa shape index (κ1) is 11.7. The van der Waals surface area contributed by atoms with Gasteiger partial charge in [-0.05, 0) is 12.5 Å².